The maximum Gasteiger partial charge on any atom is 0.276 e. The lowest BCUT2D eigenvalue weighted by molar-refractivity contribution is 0.101. The largest absolute Gasteiger partial charge is 0.450 e. The number of hydrogen-bond donors (Lipinski definition) is 1. The van der Waals surface area contributed by atoms with E-state index >= 15 is 0 Å². The molecule has 3 aromatic carbocycles. The van der Waals surface area contributed by atoms with Crippen LogP contribution in [0, 0.1) is 6.92 Å². The molecule has 0 atom stereocenters. The molecule has 0 saturated carbocycles. The van der Waals surface area contributed by atoms with E-state index in [1.165, 1.54) is 23.5 Å². The Bertz CT molecular complexity index is 1580. The zero-order valence-corrected chi connectivity index (χ0v) is 20.8. The number of nitrogens with one attached hydrogen (secondary N) is 1. The molecule has 0 unspecified atom stereocenters. The van der Waals surface area contributed by atoms with Crippen molar-refractivity contribution in [2.45, 2.75) is 17.8 Å². The number of carbonyl (C=O) groups excluding carboxylic acids is 2. The molecule has 1 N–H and O–H groups in total. The highest BCUT2D eigenvalue weighted by Crippen LogP contribution is 2.33. The van der Waals surface area contributed by atoms with E-state index in [-0.39, 0.29) is 27.9 Å². The van der Waals surface area contributed by atoms with Crippen molar-refractivity contribution in [3.05, 3.63) is 118 Å². The molecular formula is C28H20ClN3O3S. The van der Waals surface area contributed by atoms with E-state index < -0.39 is 5.91 Å². The van der Waals surface area contributed by atoms with Gasteiger partial charge in [-0.3, -0.25) is 9.59 Å². The van der Waals surface area contributed by atoms with Crippen molar-refractivity contribution in [2.24, 2.45) is 0 Å². The average molecular weight is 514 g/mol. The van der Waals surface area contributed by atoms with E-state index in [0.717, 1.165) is 5.56 Å². The van der Waals surface area contributed by atoms with Gasteiger partial charge in [-0.2, -0.15) is 0 Å². The Kier molecular flexibility index (Phi) is 6.84. The molecular weight excluding hydrogens is 494 g/mol. The molecule has 5 rings (SSSR count). The number of nitrogens with zero attached hydrogens (tertiary/aromatic N) is 2. The summed E-state index contributed by atoms with van der Waals surface area (Å²) in [5.41, 5.74) is 3.54. The number of benzene rings is 3. The number of thioether (sulfide) groups is 1. The van der Waals surface area contributed by atoms with Crippen LogP contribution in [0.25, 0.3) is 11.0 Å². The molecule has 36 heavy (non-hydrogen) atoms. The zero-order valence-electron chi connectivity index (χ0n) is 19.2. The number of hydrogen-bond acceptors (Lipinski definition) is 6. The Labute approximate surface area is 216 Å². The number of para-hydroxylation sites is 1. The van der Waals surface area contributed by atoms with Crippen molar-refractivity contribution in [1.82, 2.24) is 9.97 Å². The normalized spacial score (nSPS) is 10.9. The van der Waals surface area contributed by atoms with Crippen LogP contribution >= 0.6 is 23.4 Å². The third-order valence-electron chi connectivity index (χ3n) is 5.63. The summed E-state index contributed by atoms with van der Waals surface area (Å²) in [6, 6.07) is 23.9. The van der Waals surface area contributed by atoms with Gasteiger partial charge in [0.25, 0.3) is 5.91 Å². The Balaban J connectivity index is 1.45. The predicted octanol–water partition coefficient (Wildman–Crippen LogP) is 6.96. The van der Waals surface area contributed by atoms with Gasteiger partial charge in [-0.1, -0.05) is 90.1 Å². The number of amides is 1. The van der Waals surface area contributed by atoms with Gasteiger partial charge in [0, 0.05) is 16.7 Å². The van der Waals surface area contributed by atoms with E-state index in [2.05, 4.69) is 15.3 Å². The monoisotopic (exact) mass is 513 g/mol. The lowest BCUT2D eigenvalue weighted by atomic mass is 10.1. The first-order valence-electron chi connectivity index (χ1n) is 11.1. The summed E-state index contributed by atoms with van der Waals surface area (Å²) in [6.45, 7) is 2.04. The van der Waals surface area contributed by atoms with E-state index in [1.54, 1.807) is 42.5 Å². The molecule has 0 radical (unpaired) electrons. The lowest BCUT2D eigenvalue weighted by Gasteiger charge is -2.09. The van der Waals surface area contributed by atoms with Gasteiger partial charge in [0.2, 0.25) is 5.78 Å². The van der Waals surface area contributed by atoms with Crippen LogP contribution < -0.4 is 5.32 Å². The number of furan rings is 1. The average Bonchev–Trinajstić information content (AvgIpc) is 3.27. The van der Waals surface area contributed by atoms with Crippen LogP contribution in [0.2, 0.25) is 5.02 Å². The number of anilines is 1. The van der Waals surface area contributed by atoms with Gasteiger partial charge in [0.05, 0.1) is 16.9 Å². The fourth-order valence-electron chi connectivity index (χ4n) is 3.72. The lowest BCUT2D eigenvalue weighted by Crippen LogP contribution is -2.17. The summed E-state index contributed by atoms with van der Waals surface area (Å²) >= 11 is 7.71. The van der Waals surface area contributed by atoms with Crippen LogP contribution in [0.4, 0.5) is 5.69 Å². The molecule has 178 valence electrons. The second kappa shape index (κ2) is 10.4. The highest BCUT2D eigenvalue weighted by atomic mass is 35.5. The Morgan fingerprint density at radius 2 is 1.69 bits per heavy atom. The molecule has 2 heterocycles. The number of rotatable bonds is 7. The maximum absolute atomic E-state index is 13.3. The minimum Gasteiger partial charge on any atom is -0.450 e. The summed E-state index contributed by atoms with van der Waals surface area (Å²) in [5, 5.41) is 3.94. The first kappa shape index (κ1) is 23.8. The van der Waals surface area contributed by atoms with Gasteiger partial charge in [-0.05, 0) is 30.2 Å². The van der Waals surface area contributed by atoms with Crippen LogP contribution in [0.3, 0.4) is 0 Å². The summed E-state index contributed by atoms with van der Waals surface area (Å²) in [7, 11) is 0. The molecule has 0 aliphatic rings. The standard InChI is InChI=1S/C28H20ClN3O3S/c1-17-9-5-6-12-19(17)16-36-28-30-15-21(29)24(32-28)27(34)31-23-20-13-7-8-14-22(20)35-26(23)25(33)18-10-3-2-4-11-18/h2-15H,16H2,1H3,(H,31,34). The molecule has 8 heteroatoms. The third kappa shape index (κ3) is 4.89. The Morgan fingerprint density at radius 3 is 2.50 bits per heavy atom. The fraction of sp³-hybridized carbons (Fsp3) is 0.0714. The molecule has 0 aliphatic carbocycles. The number of carbonyl (C=O) groups is 2. The number of halogens is 1. The molecule has 0 saturated heterocycles. The molecule has 0 spiro atoms. The minimum atomic E-state index is -0.561. The number of aromatic nitrogens is 2. The van der Waals surface area contributed by atoms with Crippen LogP contribution in [0.15, 0.2) is 94.6 Å². The van der Waals surface area contributed by atoms with Gasteiger partial charge in [0.1, 0.15) is 5.58 Å². The summed E-state index contributed by atoms with van der Waals surface area (Å²) in [6.07, 6.45) is 1.41. The van der Waals surface area contributed by atoms with E-state index in [1.807, 2.05) is 43.3 Å². The van der Waals surface area contributed by atoms with Gasteiger partial charge >= 0.3 is 0 Å². The molecule has 5 aromatic rings. The third-order valence-corrected chi connectivity index (χ3v) is 6.82. The topological polar surface area (TPSA) is 85.1 Å². The highest BCUT2D eigenvalue weighted by Gasteiger charge is 2.25. The molecule has 6 nitrogen and oxygen atoms in total. The quantitative estimate of drug-likeness (QED) is 0.144. The van der Waals surface area contributed by atoms with Gasteiger partial charge in [-0.15, -0.1) is 0 Å². The van der Waals surface area contributed by atoms with Crippen molar-refractivity contribution >= 4 is 51.7 Å². The summed E-state index contributed by atoms with van der Waals surface area (Å²) in [5.74, 6) is -0.216. The summed E-state index contributed by atoms with van der Waals surface area (Å²) in [4.78, 5) is 35.2. The minimum absolute atomic E-state index is 0.0161. The Hall–Kier alpha value is -3.94. The first-order valence-corrected chi connectivity index (χ1v) is 12.5. The predicted molar refractivity (Wildman–Crippen MR) is 142 cm³/mol. The van der Waals surface area contributed by atoms with Gasteiger partial charge in [-0.25, -0.2) is 9.97 Å². The van der Waals surface area contributed by atoms with Crippen molar-refractivity contribution in [1.29, 1.82) is 0 Å². The van der Waals surface area contributed by atoms with Crippen LogP contribution in [0.1, 0.15) is 37.7 Å². The van der Waals surface area contributed by atoms with Crippen molar-refractivity contribution in [3.63, 3.8) is 0 Å². The maximum atomic E-state index is 13.3. The fourth-order valence-corrected chi connectivity index (χ4v) is 4.79. The first-order chi connectivity index (χ1) is 17.5. The number of ketones is 1. The zero-order chi connectivity index (χ0) is 25.1. The molecule has 0 aliphatic heterocycles. The molecule has 0 bridgehead atoms. The number of fused-ring (bicyclic) bond motifs is 1. The highest BCUT2D eigenvalue weighted by molar-refractivity contribution is 7.98. The van der Waals surface area contributed by atoms with E-state index in [4.69, 9.17) is 16.0 Å². The SMILES string of the molecule is Cc1ccccc1CSc1ncc(Cl)c(C(=O)Nc2c(C(=O)c3ccccc3)oc3ccccc23)n1. The van der Waals surface area contributed by atoms with Gasteiger partial charge in [0.15, 0.2) is 16.6 Å². The van der Waals surface area contributed by atoms with Crippen LogP contribution in [-0.2, 0) is 5.75 Å². The molecule has 1 amide bonds. The smallest absolute Gasteiger partial charge is 0.276 e. The van der Waals surface area contributed by atoms with Crippen molar-refractivity contribution < 1.29 is 14.0 Å². The Morgan fingerprint density at radius 1 is 0.972 bits per heavy atom. The van der Waals surface area contributed by atoms with Crippen molar-refractivity contribution in [3.8, 4) is 0 Å². The second-order valence-electron chi connectivity index (χ2n) is 8.02. The van der Waals surface area contributed by atoms with Gasteiger partial charge < -0.3 is 9.73 Å². The van der Waals surface area contributed by atoms with Crippen molar-refractivity contribution in [2.75, 3.05) is 5.32 Å². The molecule has 2 aromatic heterocycles. The molecule has 0 fully saturated rings. The van der Waals surface area contributed by atoms with E-state index in [0.29, 0.717) is 27.4 Å². The van der Waals surface area contributed by atoms with Crippen LogP contribution in [-0.4, -0.2) is 21.7 Å². The van der Waals surface area contributed by atoms with E-state index in [9.17, 15) is 9.59 Å². The van der Waals surface area contributed by atoms with Crippen LogP contribution in [0.5, 0.6) is 0 Å². The second-order valence-corrected chi connectivity index (χ2v) is 9.37. The number of aryl methyl sites for hydroxylation is 1. The summed E-state index contributed by atoms with van der Waals surface area (Å²) < 4.78 is 5.87.